The molecule has 0 radical (unpaired) electrons. The standard InChI is InChI=1S/C6H11NO.H3NO/c1-7-4-2-6(8)3-5-7;1-2/h2-5H2,1H3;2H,1H2. The molecule has 1 fully saturated rings. The van der Waals surface area contributed by atoms with E-state index in [2.05, 4.69) is 10.8 Å². The average molecular weight is 146 g/mol. The number of Topliss-reactive ketones (excluding diaryl/α,β-unsaturated/α-hetero) is 1. The van der Waals surface area contributed by atoms with E-state index in [1.54, 1.807) is 0 Å². The molecule has 10 heavy (non-hydrogen) atoms. The summed E-state index contributed by atoms with van der Waals surface area (Å²) in [5, 5.41) is 6.50. The van der Waals surface area contributed by atoms with Gasteiger partial charge >= 0.3 is 0 Å². The third kappa shape index (κ3) is 3.55. The lowest BCUT2D eigenvalue weighted by molar-refractivity contribution is -0.121. The highest BCUT2D eigenvalue weighted by Crippen LogP contribution is 2.01. The molecule has 0 bridgehead atoms. The fourth-order valence-corrected chi connectivity index (χ4v) is 0.868. The summed E-state index contributed by atoms with van der Waals surface area (Å²) >= 11 is 0. The second kappa shape index (κ2) is 5.34. The van der Waals surface area contributed by atoms with Gasteiger partial charge in [-0.2, -0.15) is 0 Å². The van der Waals surface area contributed by atoms with Crippen LogP contribution in [0.3, 0.4) is 0 Å². The highest BCUT2D eigenvalue weighted by atomic mass is 16.4. The minimum atomic E-state index is 0.420. The van der Waals surface area contributed by atoms with Gasteiger partial charge in [0, 0.05) is 25.9 Å². The molecule has 1 aliphatic rings. The molecule has 1 heterocycles. The molecule has 0 saturated carbocycles. The fraction of sp³-hybridized carbons (Fsp3) is 0.833. The third-order valence-electron chi connectivity index (χ3n) is 1.54. The van der Waals surface area contributed by atoms with Crippen LogP contribution in [0.4, 0.5) is 0 Å². The number of carbonyl (C=O) groups is 1. The van der Waals surface area contributed by atoms with Crippen molar-refractivity contribution in [1.29, 1.82) is 0 Å². The van der Waals surface area contributed by atoms with Gasteiger partial charge in [-0.1, -0.05) is 0 Å². The van der Waals surface area contributed by atoms with Crippen LogP contribution in [-0.4, -0.2) is 36.0 Å². The predicted molar refractivity (Wildman–Crippen MR) is 37.7 cm³/mol. The van der Waals surface area contributed by atoms with E-state index < -0.39 is 0 Å². The molecular formula is C6H14N2O2. The van der Waals surface area contributed by atoms with Gasteiger partial charge in [0.2, 0.25) is 0 Å². The molecule has 3 N–H and O–H groups in total. The van der Waals surface area contributed by atoms with Crippen molar-refractivity contribution in [3.8, 4) is 0 Å². The van der Waals surface area contributed by atoms with Crippen molar-refractivity contribution in [3.63, 3.8) is 0 Å². The Bertz CT molecular complexity index is 95.9. The number of piperidine rings is 1. The summed E-state index contributed by atoms with van der Waals surface area (Å²) in [5.41, 5.74) is 0. The molecule has 0 aromatic carbocycles. The van der Waals surface area contributed by atoms with Crippen molar-refractivity contribution < 1.29 is 10.0 Å². The summed E-state index contributed by atoms with van der Waals surface area (Å²) in [6.07, 6.45) is 1.52. The Kier molecular flexibility index (Phi) is 5.10. The van der Waals surface area contributed by atoms with Crippen LogP contribution in [0.5, 0.6) is 0 Å². The number of nitrogens with zero attached hydrogens (tertiary/aromatic N) is 1. The lowest BCUT2D eigenvalue weighted by Gasteiger charge is -2.19. The van der Waals surface area contributed by atoms with Gasteiger partial charge in [0.05, 0.1) is 0 Å². The van der Waals surface area contributed by atoms with E-state index in [0.29, 0.717) is 5.78 Å². The number of hydrogen-bond donors (Lipinski definition) is 2. The van der Waals surface area contributed by atoms with Crippen molar-refractivity contribution in [2.24, 2.45) is 5.90 Å². The van der Waals surface area contributed by atoms with Crippen molar-refractivity contribution in [1.82, 2.24) is 4.90 Å². The first-order chi connectivity index (χ1) is 4.79. The van der Waals surface area contributed by atoms with Crippen LogP contribution in [0, 0.1) is 0 Å². The Morgan fingerprint density at radius 1 is 1.40 bits per heavy atom. The fourth-order valence-electron chi connectivity index (χ4n) is 0.868. The number of likely N-dealkylation sites (tertiary alicyclic amines) is 1. The number of carbonyl (C=O) groups excluding carboxylic acids is 1. The number of rotatable bonds is 0. The second-order valence-corrected chi connectivity index (χ2v) is 2.34. The van der Waals surface area contributed by atoms with Gasteiger partial charge in [-0.05, 0) is 7.05 Å². The highest BCUT2D eigenvalue weighted by molar-refractivity contribution is 5.79. The molecule has 4 heteroatoms. The minimum Gasteiger partial charge on any atom is -0.320 e. The Hall–Kier alpha value is -0.450. The Balaban J connectivity index is 0.000000371. The van der Waals surface area contributed by atoms with Crippen LogP contribution in [-0.2, 0) is 4.79 Å². The van der Waals surface area contributed by atoms with Crippen molar-refractivity contribution in [2.75, 3.05) is 20.1 Å². The smallest absolute Gasteiger partial charge is 0.135 e. The number of ketones is 1. The molecule has 1 aliphatic heterocycles. The Morgan fingerprint density at radius 3 is 2.10 bits per heavy atom. The molecule has 1 saturated heterocycles. The second-order valence-electron chi connectivity index (χ2n) is 2.34. The van der Waals surface area contributed by atoms with Crippen LogP contribution >= 0.6 is 0 Å². The quantitative estimate of drug-likeness (QED) is 0.457. The summed E-state index contributed by atoms with van der Waals surface area (Å²) < 4.78 is 0. The first-order valence-corrected chi connectivity index (χ1v) is 3.25. The maximum atomic E-state index is 10.6. The van der Waals surface area contributed by atoms with Crippen molar-refractivity contribution in [2.45, 2.75) is 12.8 Å². The molecule has 0 unspecified atom stereocenters. The van der Waals surface area contributed by atoms with E-state index in [9.17, 15) is 4.79 Å². The van der Waals surface area contributed by atoms with Crippen LogP contribution in [0.25, 0.3) is 0 Å². The predicted octanol–water partition coefficient (Wildman–Crippen LogP) is -0.385. The summed E-state index contributed by atoms with van der Waals surface area (Å²) in [6.45, 7) is 1.91. The molecule has 60 valence electrons. The molecule has 1 rings (SSSR count). The first kappa shape index (κ1) is 9.55. The van der Waals surface area contributed by atoms with Gasteiger partial charge in [-0.3, -0.25) is 4.79 Å². The lowest BCUT2D eigenvalue weighted by atomic mass is 10.1. The van der Waals surface area contributed by atoms with Gasteiger partial charge in [0.25, 0.3) is 0 Å². The van der Waals surface area contributed by atoms with E-state index in [0.717, 1.165) is 25.9 Å². The number of nitrogens with two attached hydrogens (primary N) is 1. The molecule has 0 amide bonds. The van der Waals surface area contributed by atoms with Crippen LogP contribution < -0.4 is 5.90 Å². The van der Waals surface area contributed by atoms with Gasteiger partial charge < -0.3 is 10.1 Å². The first-order valence-electron chi connectivity index (χ1n) is 3.25. The van der Waals surface area contributed by atoms with Crippen molar-refractivity contribution >= 4 is 5.78 Å². The van der Waals surface area contributed by atoms with Gasteiger partial charge in [-0.15, -0.1) is 0 Å². The van der Waals surface area contributed by atoms with E-state index in [1.165, 1.54) is 0 Å². The zero-order valence-corrected chi connectivity index (χ0v) is 6.21. The topological polar surface area (TPSA) is 66.6 Å². The number of hydrogen-bond acceptors (Lipinski definition) is 4. The Labute approximate surface area is 60.6 Å². The van der Waals surface area contributed by atoms with Gasteiger partial charge in [0.15, 0.2) is 0 Å². The summed E-state index contributed by atoms with van der Waals surface area (Å²) in [6, 6.07) is 0. The maximum absolute atomic E-state index is 10.6. The largest absolute Gasteiger partial charge is 0.320 e. The van der Waals surface area contributed by atoms with Crippen LogP contribution in [0.15, 0.2) is 0 Å². The van der Waals surface area contributed by atoms with E-state index in [4.69, 9.17) is 5.21 Å². The lowest BCUT2D eigenvalue weighted by Crippen LogP contribution is -2.29. The maximum Gasteiger partial charge on any atom is 0.135 e. The summed E-state index contributed by atoms with van der Waals surface area (Å²) in [5.74, 6) is 3.92. The zero-order valence-electron chi connectivity index (χ0n) is 6.21. The summed E-state index contributed by atoms with van der Waals surface area (Å²) in [4.78, 5) is 12.8. The molecule has 0 aromatic rings. The summed E-state index contributed by atoms with van der Waals surface area (Å²) in [7, 11) is 2.05. The van der Waals surface area contributed by atoms with Gasteiger partial charge in [-0.25, -0.2) is 5.90 Å². The molecule has 0 atom stereocenters. The highest BCUT2D eigenvalue weighted by Gasteiger charge is 2.10. The average Bonchev–Trinajstić information content (AvgIpc) is 2.00. The molecule has 0 aromatic heterocycles. The van der Waals surface area contributed by atoms with E-state index in [1.807, 2.05) is 7.05 Å². The normalized spacial score (nSPS) is 19.7. The minimum absolute atomic E-state index is 0.420. The van der Waals surface area contributed by atoms with Crippen molar-refractivity contribution in [3.05, 3.63) is 0 Å². The molecular weight excluding hydrogens is 132 g/mol. The van der Waals surface area contributed by atoms with E-state index >= 15 is 0 Å². The molecule has 0 spiro atoms. The monoisotopic (exact) mass is 146 g/mol. The van der Waals surface area contributed by atoms with E-state index in [-0.39, 0.29) is 0 Å². The van der Waals surface area contributed by atoms with Crippen LogP contribution in [0.1, 0.15) is 12.8 Å². The van der Waals surface area contributed by atoms with Gasteiger partial charge in [0.1, 0.15) is 5.78 Å². The SMILES string of the molecule is CN1CCC(=O)CC1.NO. The van der Waals surface area contributed by atoms with Crippen LogP contribution in [0.2, 0.25) is 0 Å². The third-order valence-corrected chi connectivity index (χ3v) is 1.54. The molecule has 4 nitrogen and oxygen atoms in total. The Morgan fingerprint density at radius 2 is 1.80 bits per heavy atom. The molecule has 0 aliphatic carbocycles. The zero-order chi connectivity index (χ0) is 7.98.